The van der Waals surface area contributed by atoms with Crippen LogP contribution in [0.25, 0.3) is 0 Å². The Morgan fingerprint density at radius 3 is 2.55 bits per heavy atom. The molecule has 2 aromatic carbocycles. The zero-order chi connectivity index (χ0) is 14.7. The molecule has 0 fully saturated rings. The van der Waals surface area contributed by atoms with Crippen LogP contribution >= 0.6 is 43.6 Å². The van der Waals surface area contributed by atoms with Crippen molar-refractivity contribution in [1.29, 1.82) is 5.41 Å². The Hall–Kier alpha value is -0.980. The topological polar surface area (TPSA) is 59.1 Å². The molecule has 0 unspecified atom stereocenters. The average molecular weight is 416 g/mol. The minimum absolute atomic E-state index is 0.00168. The number of nitrogens with two attached hydrogens (primary N) is 1. The van der Waals surface area contributed by atoms with Crippen LogP contribution in [-0.4, -0.2) is 12.1 Å². The molecule has 0 radical (unpaired) electrons. The van der Waals surface area contributed by atoms with Crippen LogP contribution in [0.1, 0.15) is 5.56 Å². The molecule has 104 valence electrons. The molecule has 2 rings (SSSR count). The Morgan fingerprint density at radius 2 is 1.95 bits per heavy atom. The minimum atomic E-state index is -0.00168. The van der Waals surface area contributed by atoms with Crippen molar-refractivity contribution in [1.82, 2.24) is 0 Å². The van der Waals surface area contributed by atoms with E-state index >= 15 is 0 Å². The number of hydrogen-bond acceptors (Lipinski definition) is 3. The number of amidine groups is 1. The first-order valence-corrected chi connectivity index (χ1v) is 8.48. The van der Waals surface area contributed by atoms with Gasteiger partial charge in [-0.25, -0.2) is 0 Å². The van der Waals surface area contributed by atoms with Gasteiger partial charge in [-0.2, -0.15) is 0 Å². The van der Waals surface area contributed by atoms with Crippen molar-refractivity contribution in [3.05, 3.63) is 50.9 Å². The molecule has 0 aliphatic rings. The van der Waals surface area contributed by atoms with Crippen LogP contribution in [0.5, 0.6) is 11.5 Å². The number of nitrogens with one attached hydrogen (secondary N) is 1. The van der Waals surface area contributed by atoms with Crippen LogP contribution in [0.2, 0.25) is 0 Å². The van der Waals surface area contributed by atoms with Gasteiger partial charge in [0.05, 0.1) is 10.0 Å². The summed E-state index contributed by atoms with van der Waals surface area (Å²) in [7, 11) is 0. The van der Waals surface area contributed by atoms with Gasteiger partial charge < -0.3 is 10.5 Å². The van der Waals surface area contributed by atoms with Crippen molar-refractivity contribution in [2.24, 2.45) is 5.73 Å². The monoisotopic (exact) mass is 414 g/mol. The Bertz CT molecular complexity index is 662. The summed E-state index contributed by atoms with van der Waals surface area (Å²) in [5, 5.41) is 7.74. The molecule has 0 bridgehead atoms. The minimum Gasteiger partial charge on any atom is -0.455 e. The highest BCUT2D eigenvalue weighted by Gasteiger charge is 2.14. The van der Waals surface area contributed by atoms with E-state index in [2.05, 4.69) is 31.9 Å². The Morgan fingerprint density at radius 1 is 1.20 bits per heavy atom. The van der Waals surface area contributed by atoms with Gasteiger partial charge in [-0.15, -0.1) is 11.8 Å². The lowest BCUT2D eigenvalue weighted by Crippen LogP contribution is -2.13. The maximum atomic E-state index is 7.74. The number of benzene rings is 2. The van der Waals surface area contributed by atoms with Gasteiger partial charge in [0.1, 0.15) is 17.3 Å². The summed E-state index contributed by atoms with van der Waals surface area (Å²) in [6.07, 6.45) is 1.95. The number of thioether (sulfide) groups is 1. The number of rotatable bonds is 4. The molecular weight excluding hydrogens is 404 g/mol. The first-order valence-electron chi connectivity index (χ1n) is 5.67. The average Bonchev–Trinajstić information content (AvgIpc) is 2.41. The van der Waals surface area contributed by atoms with E-state index in [4.69, 9.17) is 15.9 Å². The molecule has 0 amide bonds. The highest BCUT2D eigenvalue weighted by atomic mass is 79.9. The van der Waals surface area contributed by atoms with Crippen molar-refractivity contribution >= 4 is 49.5 Å². The van der Waals surface area contributed by atoms with E-state index < -0.39 is 0 Å². The molecule has 0 saturated carbocycles. The van der Waals surface area contributed by atoms with E-state index in [0.29, 0.717) is 17.1 Å². The summed E-state index contributed by atoms with van der Waals surface area (Å²) in [6, 6.07) is 11.3. The van der Waals surface area contributed by atoms with Gasteiger partial charge >= 0.3 is 0 Å². The van der Waals surface area contributed by atoms with Crippen LogP contribution in [0.15, 0.2) is 50.2 Å². The summed E-state index contributed by atoms with van der Waals surface area (Å²) in [5.41, 5.74) is 6.30. The van der Waals surface area contributed by atoms with Crippen LogP contribution in [-0.2, 0) is 0 Å². The third-order valence-electron chi connectivity index (χ3n) is 2.59. The van der Waals surface area contributed by atoms with Crippen molar-refractivity contribution in [2.45, 2.75) is 4.90 Å². The normalized spacial score (nSPS) is 10.3. The fraction of sp³-hybridized carbons (Fsp3) is 0.0714. The summed E-state index contributed by atoms with van der Waals surface area (Å²) >= 11 is 8.39. The van der Waals surface area contributed by atoms with Gasteiger partial charge in [0.25, 0.3) is 0 Å². The Labute approximate surface area is 138 Å². The van der Waals surface area contributed by atoms with E-state index in [1.807, 2.05) is 42.7 Å². The van der Waals surface area contributed by atoms with Gasteiger partial charge in [-0.1, -0.05) is 22.0 Å². The van der Waals surface area contributed by atoms with Crippen molar-refractivity contribution in [2.75, 3.05) is 6.26 Å². The van der Waals surface area contributed by atoms with E-state index in [9.17, 15) is 0 Å². The van der Waals surface area contributed by atoms with E-state index in [1.54, 1.807) is 0 Å². The first kappa shape index (κ1) is 15.4. The van der Waals surface area contributed by atoms with Crippen molar-refractivity contribution in [3.8, 4) is 11.5 Å². The molecule has 6 heteroatoms. The zero-order valence-electron chi connectivity index (χ0n) is 10.6. The molecule has 0 spiro atoms. The highest BCUT2D eigenvalue weighted by molar-refractivity contribution is 9.11. The Kier molecular flexibility index (Phi) is 5.12. The van der Waals surface area contributed by atoms with Gasteiger partial charge in [0.15, 0.2) is 0 Å². The van der Waals surface area contributed by atoms with E-state index in [1.165, 1.54) is 11.8 Å². The molecule has 0 aliphatic carbocycles. The van der Waals surface area contributed by atoms with Gasteiger partial charge in [0, 0.05) is 9.37 Å². The summed E-state index contributed by atoms with van der Waals surface area (Å²) < 4.78 is 7.69. The van der Waals surface area contributed by atoms with Crippen LogP contribution in [0.3, 0.4) is 0 Å². The van der Waals surface area contributed by atoms with Crippen LogP contribution < -0.4 is 10.5 Å². The number of nitrogen functional groups attached to an aromatic ring is 1. The zero-order valence-corrected chi connectivity index (χ0v) is 14.6. The van der Waals surface area contributed by atoms with Crippen molar-refractivity contribution in [3.63, 3.8) is 0 Å². The second-order valence-electron chi connectivity index (χ2n) is 3.92. The summed E-state index contributed by atoms with van der Waals surface area (Å²) in [6.45, 7) is 0. The van der Waals surface area contributed by atoms with Crippen molar-refractivity contribution < 1.29 is 4.74 Å². The molecular formula is C14H12Br2N2OS. The predicted octanol–water partition coefficient (Wildman–Crippen LogP) is 5.01. The molecule has 0 atom stereocenters. The van der Waals surface area contributed by atoms with Crippen LogP contribution in [0, 0.1) is 5.41 Å². The summed E-state index contributed by atoms with van der Waals surface area (Å²) in [4.78, 5) is 0.920. The lowest BCUT2D eigenvalue weighted by atomic mass is 10.2. The predicted molar refractivity (Wildman–Crippen MR) is 91.2 cm³/mol. The fourth-order valence-corrected chi connectivity index (χ4v) is 3.47. The SMILES string of the molecule is CSc1cccc(Oc2ccc(Br)cc2Br)c1C(=N)N. The fourth-order valence-electron chi connectivity index (χ4n) is 1.71. The first-order chi connectivity index (χ1) is 9.52. The van der Waals surface area contributed by atoms with Gasteiger partial charge in [-0.3, -0.25) is 5.41 Å². The van der Waals surface area contributed by atoms with Crippen LogP contribution in [0.4, 0.5) is 0 Å². The lowest BCUT2D eigenvalue weighted by Gasteiger charge is -2.14. The third-order valence-corrected chi connectivity index (χ3v) is 4.48. The van der Waals surface area contributed by atoms with Gasteiger partial charge in [0.2, 0.25) is 0 Å². The second-order valence-corrected chi connectivity index (χ2v) is 6.54. The number of ether oxygens (including phenoxy) is 1. The molecule has 20 heavy (non-hydrogen) atoms. The molecule has 0 aromatic heterocycles. The maximum absolute atomic E-state index is 7.74. The third kappa shape index (κ3) is 3.37. The Balaban J connectivity index is 2.45. The molecule has 3 nitrogen and oxygen atoms in total. The molecule has 3 N–H and O–H groups in total. The molecule has 0 saturated heterocycles. The largest absolute Gasteiger partial charge is 0.455 e. The quantitative estimate of drug-likeness (QED) is 0.419. The number of hydrogen-bond donors (Lipinski definition) is 2. The second kappa shape index (κ2) is 6.65. The molecule has 2 aromatic rings. The van der Waals surface area contributed by atoms with E-state index in [-0.39, 0.29) is 5.84 Å². The smallest absolute Gasteiger partial charge is 0.141 e. The van der Waals surface area contributed by atoms with Gasteiger partial charge in [-0.05, 0) is 52.5 Å². The summed E-state index contributed by atoms with van der Waals surface area (Å²) in [5.74, 6) is 1.25. The highest BCUT2D eigenvalue weighted by Crippen LogP contribution is 2.35. The molecule has 0 heterocycles. The molecule has 0 aliphatic heterocycles. The standard InChI is InChI=1S/C14H12Br2N2OS/c1-20-12-4-2-3-11(13(12)14(17)18)19-10-6-5-8(15)7-9(10)16/h2-7H,1H3,(H3,17,18). The maximum Gasteiger partial charge on any atom is 0.141 e. The number of halogens is 2. The lowest BCUT2D eigenvalue weighted by molar-refractivity contribution is 0.477. The van der Waals surface area contributed by atoms with E-state index in [0.717, 1.165) is 13.8 Å².